The lowest BCUT2D eigenvalue weighted by Gasteiger charge is -2.45. The molecule has 2 rings (SSSR count). The van der Waals surface area contributed by atoms with Gasteiger partial charge in [-0.2, -0.15) is 0 Å². The third-order valence-corrected chi connectivity index (χ3v) is 5.60. The number of aryl methyl sites for hydroxylation is 1. The van der Waals surface area contributed by atoms with Crippen molar-refractivity contribution < 1.29 is 9.90 Å². The van der Waals surface area contributed by atoms with Crippen LogP contribution in [0.4, 0.5) is 5.69 Å². The lowest BCUT2D eigenvalue weighted by atomic mass is 9.86. The normalized spacial score (nSPS) is 12.6. The third kappa shape index (κ3) is 6.23. The van der Waals surface area contributed by atoms with Crippen LogP contribution in [0.3, 0.4) is 0 Å². The molecule has 1 atom stereocenters. The Hall–Kier alpha value is -2.53. The number of nitrogens with one attached hydrogen (secondary N) is 1. The van der Waals surface area contributed by atoms with Gasteiger partial charge < -0.3 is 15.3 Å². The summed E-state index contributed by atoms with van der Waals surface area (Å²) in [5.74, 6) is 0.259. The first-order valence-electron chi connectivity index (χ1n) is 10.8. The Kier molecular flexibility index (Phi) is 8.72. The molecular weight excluding hydrogens is 374 g/mol. The zero-order chi connectivity index (χ0) is 22.1. The Morgan fingerprint density at radius 3 is 2.43 bits per heavy atom. The van der Waals surface area contributed by atoms with Crippen LogP contribution in [0.5, 0.6) is 5.75 Å². The average molecular weight is 412 g/mol. The zero-order valence-corrected chi connectivity index (χ0v) is 19.1. The van der Waals surface area contributed by atoms with Crippen molar-refractivity contribution in [2.45, 2.75) is 46.2 Å². The van der Waals surface area contributed by atoms with Crippen molar-refractivity contribution in [1.29, 1.82) is 0 Å². The Bertz CT molecular complexity index is 792. The van der Waals surface area contributed by atoms with Crippen LogP contribution in [-0.2, 0) is 11.2 Å². The molecule has 0 bridgehead atoms. The number of rotatable bonds is 11. The topological polar surface area (TPSA) is 55.8 Å². The Labute approximate surface area is 181 Å². The number of anilines is 1. The Morgan fingerprint density at radius 2 is 1.80 bits per heavy atom. The van der Waals surface area contributed by atoms with Gasteiger partial charge in [-0.1, -0.05) is 43.3 Å². The minimum Gasteiger partial charge on any atom is -0.508 e. The van der Waals surface area contributed by atoms with Crippen LogP contribution in [0.2, 0.25) is 0 Å². The van der Waals surface area contributed by atoms with Gasteiger partial charge in [0.25, 0.3) is 0 Å². The van der Waals surface area contributed by atoms with Gasteiger partial charge in [0.15, 0.2) is 0 Å². The minimum atomic E-state index is -0.656. The van der Waals surface area contributed by atoms with E-state index in [1.807, 2.05) is 51.2 Å². The first kappa shape index (κ1) is 23.7. The van der Waals surface area contributed by atoms with E-state index in [4.69, 9.17) is 0 Å². The van der Waals surface area contributed by atoms with Crippen molar-refractivity contribution in [1.82, 2.24) is 10.2 Å². The number of aromatic hydroxyl groups is 1. The van der Waals surface area contributed by atoms with Crippen molar-refractivity contribution >= 4 is 11.6 Å². The van der Waals surface area contributed by atoms with E-state index in [9.17, 15) is 9.90 Å². The second-order valence-electron chi connectivity index (χ2n) is 8.55. The second kappa shape index (κ2) is 11.0. The summed E-state index contributed by atoms with van der Waals surface area (Å²) in [6.45, 7) is 7.65. The number of carbonyl (C=O) groups excluding carboxylic acids is 1. The summed E-state index contributed by atoms with van der Waals surface area (Å²) in [4.78, 5) is 17.5. The highest BCUT2D eigenvalue weighted by Crippen LogP contribution is 2.32. The molecule has 0 fully saturated rings. The van der Waals surface area contributed by atoms with E-state index < -0.39 is 5.41 Å². The van der Waals surface area contributed by atoms with E-state index in [1.54, 1.807) is 12.1 Å². The van der Waals surface area contributed by atoms with Crippen LogP contribution >= 0.6 is 0 Å². The molecule has 0 aliphatic carbocycles. The molecule has 2 N–H and O–H groups in total. The number of amides is 1. The number of hydrogen-bond donors (Lipinski definition) is 2. The van der Waals surface area contributed by atoms with Gasteiger partial charge in [0.1, 0.15) is 5.75 Å². The van der Waals surface area contributed by atoms with Crippen molar-refractivity contribution in [3.63, 3.8) is 0 Å². The van der Waals surface area contributed by atoms with Crippen LogP contribution in [0.1, 0.15) is 39.2 Å². The van der Waals surface area contributed by atoms with Crippen LogP contribution < -0.4 is 10.2 Å². The first-order chi connectivity index (χ1) is 14.3. The second-order valence-corrected chi connectivity index (χ2v) is 8.55. The van der Waals surface area contributed by atoms with Crippen molar-refractivity contribution in [2.24, 2.45) is 5.41 Å². The maximum atomic E-state index is 13.2. The van der Waals surface area contributed by atoms with Crippen molar-refractivity contribution in [3.8, 4) is 5.75 Å². The summed E-state index contributed by atoms with van der Waals surface area (Å²) in [6.07, 6.45) is 2.69. The molecule has 0 saturated heterocycles. The SMILES string of the molecule is CCCN(C)C(N(C)c1cccc(O)c1)C(C)(C)C(=O)NCCCc1ccccc1. The Morgan fingerprint density at radius 1 is 1.10 bits per heavy atom. The molecule has 1 amide bonds. The summed E-state index contributed by atoms with van der Waals surface area (Å²) >= 11 is 0. The molecule has 2 aromatic rings. The van der Waals surface area contributed by atoms with Gasteiger partial charge in [-0.05, 0) is 64.4 Å². The van der Waals surface area contributed by atoms with Gasteiger partial charge in [-0.3, -0.25) is 9.69 Å². The Balaban J connectivity index is 2.09. The monoisotopic (exact) mass is 411 g/mol. The van der Waals surface area contributed by atoms with Crippen LogP contribution in [-0.4, -0.2) is 49.3 Å². The molecular formula is C25H37N3O2. The molecule has 0 aliphatic rings. The predicted octanol–water partition coefficient (Wildman–Crippen LogP) is 4.27. The number of benzene rings is 2. The molecule has 0 aliphatic heterocycles. The fourth-order valence-electron chi connectivity index (χ4n) is 4.14. The number of carbonyl (C=O) groups is 1. The molecule has 0 heterocycles. The van der Waals surface area contributed by atoms with Gasteiger partial charge in [-0.25, -0.2) is 0 Å². The van der Waals surface area contributed by atoms with Gasteiger partial charge in [0.2, 0.25) is 5.91 Å². The largest absolute Gasteiger partial charge is 0.508 e. The maximum absolute atomic E-state index is 13.2. The molecule has 5 nitrogen and oxygen atoms in total. The first-order valence-corrected chi connectivity index (χ1v) is 10.8. The van der Waals surface area contributed by atoms with E-state index in [2.05, 4.69) is 41.2 Å². The molecule has 0 spiro atoms. The molecule has 0 saturated carbocycles. The summed E-state index contributed by atoms with van der Waals surface area (Å²) in [5.41, 5.74) is 1.51. The fraction of sp³-hybridized carbons (Fsp3) is 0.480. The molecule has 30 heavy (non-hydrogen) atoms. The summed E-state index contributed by atoms with van der Waals surface area (Å²) in [6, 6.07) is 17.5. The summed E-state index contributed by atoms with van der Waals surface area (Å²) in [7, 11) is 4.04. The van der Waals surface area contributed by atoms with E-state index in [0.717, 1.165) is 31.5 Å². The summed E-state index contributed by atoms with van der Waals surface area (Å²) < 4.78 is 0. The fourth-order valence-corrected chi connectivity index (χ4v) is 4.14. The highest BCUT2D eigenvalue weighted by Gasteiger charge is 2.41. The van der Waals surface area contributed by atoms with Crippen molar-refractivity contribution in [3.05, 3.63) is 60.2 Å². The van der Waals surface area contributed by atoms with Crippen LogP contribution in [0.15, 0.2) is 54.6 Å². The highest BCUT2D eigenvalue weighted by molar-refractivity contribution is 5.83. The third-order valence-electron chi connectivity index (χ3n) is 5.60. The van der Waals surface area contributed by atoms with Crippen LogP contribution in [0.25, 0.3) is 0 Å². The number of hydrogen-bond acceptors (Lipinski definition) is 4. The molecule has 1 unspecified atom stereocenters. The number of phenolic OH excluding ortho intramolecular Hbond substituents is 1. The molecule has 0 radical (unpaired) electrons. The van der Waals surface area contributed by atoms with E-state index >= 15 is 0 Å². The van der Waals surface area contributed by atoms with Crippen LogP contribution in [0, 0.1) is 5.41 Å². The van der Waals surface area contributed by atoms with Gasteiger partial charge in [-0.15, -0.1) is 0 Å². The molecule has 0 aromatic heterocycles. The van der Waals surface area contributed by atoms with Gasteiger partial charge >= 0.3 is 0 Å². The number of nitrogens with zero attached hydrogens (tertiary/aromatic N) is 2. The van der Waals surface area contributed by atoms with E-state index in [0.29, 0.717) is 6.54 Å². The average Bonchev–Trinajstić information content (AvgIpc) is 2.72. The lowest BCUT2D eigenvalue weighted by Crippen LogP contribution is -2.59. The van der Waals surface area contributed by atoms with Crippen molar-refractivity contribution in [2.75, 3.05) is 32.1 Å². The standard InChI is InChI=1S/C25H37N3O2/c1-6-18-27(4)24(28(5)21-15-10-16-22(29)19-21)25(2,3)23(30)26-17-11-14-20-12-8-7-9-13-20/h7-10,12-13,15-16,19,24,29H,6,11,14,17-18H2,1-5H3,(H,26,30). The summed E-state index contributed by atoms with van der Waals surface area (Å²) in [5, 5.41) is 13.1. The predicted molar refractivity (Wildman–Crippen MR) is 125 cm³/mol. The zero-order valence-electron chi connectivity index (χ0n) is 19.1. The number of phenols is 1. The minimum absolute atomic E-state index is 0.0375. The molecule has 2 aromatic carbocycles. The maximum Gasteiger partial charge on any atom is 0.229 e. The smallest absolute Gasteiger partial charge is 0.229 e. The highest BCUT2D eigenvalue weighted by atomic mass is 16.3. The van der Waals surface area contributed by atoms with Gasteiger partial charge in [0.05, 0.1) is 11.6 Å². The van der Waals surface area contributed by atoms with E-state index in [-0.39, 0.29) is 17.8 Å². The van der Waals surface area contributed by atoms with E-state index in [1.165, 1.54) is 5.56 Å². The lowest BCUT2D eigenvalue weighted by molar-refractivity contribution is -0.132. The molecule has 5 heteroatoms. The quantitative estimate of drug-likeness (QED) is 0.428. The molecule has 164 valence electrons. The van der Waals surface area contributed by atoms with Gasteiger partial charge in [0, 0.05) is 25.3 Å².